The van der Waals surface area contributed by atoms with Crippen LogP contribution in [0.4, 0.5) is 17.1 Å². The van der Waals surface area contributed by atoms with Crippen LogP contribution in [-0.4, -0.2) is 21.9 Å². The molecule has 1 aromatic heterocycles. The lowest BCUT2D eigenvalue weighted by atomic mass is 9.86. The lowest BCUT2D eigenvalue weighted by Crippen LogP contribution is -2.37. The maximum absolute atomic E-state index is 13.6. The summed E-state index contributed by atoms with van der Waals surface area (Å²) >= 11 is 1.17. The fraction of sp³-hybridized carbons (Fsp3) is 0.200. The van der Waals surface area contributed by atoms with Crippen molar-refractivity contribution < 1.29 is 24.4 Å². The number of hydrogen-bond acceptors (Lipinski definition) is 7. The molecule has 0 aliphatic rings. The van der Waals surface area contributed by atoms with Gasteiger partial charge in [-0.3, -0.25) is 20.3 Å². The first-order valence-electron chi connectivity index (χ1n) is 12.5. The van der Waals surface area contributed by atoms with Gasteiger partial charge in [0.2, 0.25) is 0 Å². The zero-order valence-electron chi connectivity index (χ0n) is 22.3. The Morgan fingerprint density at radius 3 is 2.27 bits per heavy atom. The molecule has 9 nitrogen and oxygen atoms in total. The fourth-order valence-electron chi connectivity index (χ4n) is 3.90. The van der Waals surface area contributed by atoms with Crippen LogP contribution < -0.4 is 10.4 Å². The summed E-state index contributed by atoms with van der Waals surface area (Å²) in [6.45, 7) is 6.49. The largest absolute Gasteiger partial charge is 0.477 e. The predicted octanol–water partition coefficient (Wildman–Crippen LogP) is 7.04. The Morgan fingerprint density at radius 2 is 1.68 bits per heavy atom. The van der Waals surface area contributed by atoms with Gasteiger partial charge in [-0.15, -0.1) is 11.3 Å². The van der Waals surface area contributed by atoms with Gasteiger partial charge in [0.05, 0.1) is 23.8 Å². The number of nitrogens with zero attached hydrogens (tertiary/aromatic N) is 2. The minimum absolute atomic E-state index is 0.121. The molecule has 1 amide bonds. The van der Waals surface area contributed by atoms with Gasteiger partial charge in [0.1, 0.15) is 10.6 Å². The van der Waals surface area contributed by atoms with Crippen LogP contribution in [0.15, 0.2) is 84.9 Å². The molecule has 0 fully saturated rings. The number of anilines is 2. The number of amides is 1. The fourth-order valence-corrected chi connectivity index (χ4v) is 4.68. The summed E-state index contributed by atoms with van der Waals surface area (Å²) in [4.78, 5) is 37.3. The normalized spacial score (nSPS) is 11.2. The summed E-state index contributed by atoms with van der Waals surface area (Å²) in [5.74, 6) is -1.41. The number of nitrogens with one attached hydrogen (secondary N) is 1. The van der Waals surface area contributed by atoms with Crippen molar-refractivity contribution in [3.63, 3.8) is 0 Å². The minimum Gasteiger partial charge on any atom is -0.477 e. The van der Waals surface area contributed by atoms with Gasteiger partial charge in [0, 0.05) is 16.5 Å². The Bertz CT molecular complexity index is 1510. The zero-order valence-corrected chi connectivity index (χ0v) is 23.1. The molecule has 4 rings (SSSR count). The number of carbonyl (C=O) groups excluding carboxylic acids is 1. The number of rotatable bonds is 10. The summed E-state index contributed by atoms with van der Waals surface area (Å²) in [6, 6.07) is 23.9. The molecule has 0 bridgehead atoms. The van der Waals surface area contributed by atoms with Crippen molar-refractivity contribution in [2.24, 2.45) is 0 Å². The molecule has 3 aromatic carbocycles. The van der Waals surface area contributed by atoms with E-state index in [1.807, 2.05) is 32.9 Å². The number of carboxylic acids is 1. The first kappa shape index (κ1) is 28.5. The number of nitro benzene ring substituents is 1. The third-order valence-electron chi connectivity index (χ3n) is 6.08. The highest BCUT2D eigenvalue weighted by Crippen LogP contribution is 2.35. The average molecular weight is 560 g/mol. The smallest absolute Gasteiger partial charge is 0.345 e. The number of carboxylic acid groups (broad SMARTS) is 1. The molecule has 0 aliphatic heterocycles. The van der Waals surface area contributed by atoms with E-state index in [0.717, 1.165) is 16.0 Å². The lowest BCUT2D eigenvalue weighted by Gasteiger charge is -2.26. The monoisotopic (exact) mass is 559 g/mol. The number of ether oxygens (including phenoxy) is 1. The Balaban J connectivity index is 1.56. The number of nitro groups is 1. The van der Waals surface area contributed by atoms with Gasteiger partial charge < -0.3 is 9.84 Å². The maximum atomic E-state index is 13.6. The van der Waals surface area contributed by atoms with E-state index in [0.29, 0.717) is 17.9 Å². The van der Waals surface area contributed by atoms with E-state index in [1.165, 1.54) is 22.4 Å². The standard InChI is InChI=1S/C30H29N3O6S/c1-30(2,3)22-11-15-25(26(17-22)33(37)38)32(28(34)21-7-5-4-6-8-21)31-23-12-9-20(10-13-23)18-39-19-24-14-16-27(40-24)29(35)36/h4-17,31H,18-19H2,1-3H3,(H,35,36). The Kier molecular flexibility index (Phi) is 8.61. The van der Waals surface area contributed by atoms with Gasteiger partial charge in [-0.25, -0.2) is 9.80 Å². The highest BCUT2D eigenvalue weighted by atomic mass is 32.1. The van der Waals surface area contributed by atoms with E-state index in [1.54, 1.807) is 66.7 Å². The van der Waals surface area contributed by atoms with Crippen molar-refractivity contribution in [3.05, 3.63) is 121 Å². The van der Waals surface area contributed by atoms with Gasteiger partial charge in [-0.1, -0.05) is 57.2 Å². The van der Waals surface area contributed by atoms with Crippen LogP contribution in [0.25, 0.3) is 0 Å². The maximum Gasteiger partial charge on any atom is 0.345 e. The topological polar surface area (TPSA) is 122 Å². The molecule has 0 unspecified atom stereocenters. The molecule has 4 aromatic rings. The van der Waals surface area contributed by atoms with Gasteiger partial charge in [-0.05, 0) is 59.0 Å². The van der Waals surface area contributed by atoms with Crippen LogP contribution >= 0.6 is 11.3 Å². The first-order chi connectivity index (χ1) is 19.0. The zero-order chi connectivity index (χ0) is 28.9. The quantitative estimate of drug-likeness (QED) is 0.158. The van der Waals surface area contributed by atoms with Gasteiger partial charge in [0.25, 0.3) is 11.6 Å². The summed E-state index contributed by atoms with van der Waals surface area (Å²) in [5.41, 5.74) is 5.23. The van der Waals surface area contributed by atoms with Crippen LogP contribution in [0.3, 0.4) is 0 Å². The molecule has 2 N–H and O–H groups in total. The van der Waals surface area contributed by atoms with Crippen molar-refractivity contribution >= 4 is 40.3 Å². The molecular weight excluding hydrogens is 530 g/mol. The first-order valence-corrected chi connectivity index (χ1v) is 13.3. The van der Waals surface area contributed by atoms with E-state index in [9.17, 15) is 19.7 Å². The Morgan fingerprint density at radius 1 is 0.975 bits per heavy atom. The van der Waals surface area contributed by atoms with E-state index < -0.39 is 16.8 Å². The SMILES string of the molecule is CC(C)(C)c1ccc(N(Nc2ccc(COCc3ccc(C(=O)O)s3)cc2)C(=O)c2ccccc2)c([N+](=O)[O-])c1. The van der Waals surface area contributed by atoms with Crippen LogP contribution in [0.2, 0.25) is 0 Å². The van der Waals surface area contributed by atoms with Crippen LogP contribution in [0.1, 0.15) is 56.8 Å². The number of benzene rings is 3. The van der Waals surface area contributed by atoms with Gasteiger partial charge in [0.15, 0.2) is 0 Å². The van der Waals surface area contributed by atoms with Crippen LogP contribution in [0.5, 0.6) is 0 Å². The molecule has 0 atom stereocenters. The number of carbonyl (C=O) groups is 2. The van der Waals surface area contributed by atoms with E-state index in [-0.39, 0.29) is 28.3 Å². The summed E-state index contributed by atoms with van der Waals surface area (Å²) < 4.78 is 5.72. The molecule has 40 heavy (non-hydrogen) atoms. The second-order valence-electron chi connectivity index (χ2n) is 10.1. The molecule has 1 heterocycles. The number of aromatic carboxylic acids is 1. The third kappa shape index (κ3) is 6.90. The molecule has 0 radical (unpaired) electrons. The molecule has 206 valence electrons. The molecule has 10 heteroatoms. The molecule has 0 saturated carbocycles. The number of hydrogen-bond donors (Lipinski definition) is 2. The second-order valence-corrected chi connectivity index (χ2v) is 11.3. The minimum atomic E-state index is -0.963. The van der Waals surface area contributed by atoms with Crippen molar-refractivity contribution in [3.8, 4) is 0 Å². The Labute approximate surface area is 235 Å². The number of hydrazine groups is 1. The summed E-state index contributed by atoms with van der Waals surface area (Å²) in [6.07, 6.45) is 0. The van der Waals surface area contributed by atoms with Crippen molar-refractivity contribution in [2.45, 2.75) is 39.4 Å². The van der Waals surface area contributed by atoms with Crippen LogP contribution in [-0.2, 0) is 23.4 Å². The highest BCUT2D eigenvalue weighted by Gasteiger charge is 2.28. The summed E-state index contributed by atoms with van der Waals surface area (Å²) in [7, 11) is 0. The summed E-state index contributed by atoms with van der Waals surface area (Å²) in [5, 5.41) is 22.3. The third-order valence-corrected chi connectivity index (χ3v) is 7.13. The molecule has 0 spiro atoms. The average Bonchev–Trinajstić information content (AvgIpc) is 3.41. The van der Waals surface area contributed by atoms with Crippen molar-refractivity contribution in [1.29, 1.82) is 0 Å². The van der Waals surface area contributed by atoms with Gasteiger partial charge in [-0.2, -0.15) is 0 Å². The van der Waals surface area contributed by atoms with E-state index >= 15 is 0 Å². The Hall–Kier alpha value is -4.54. The molecule has 0 saturated heterocycles. The van der Waals surface area contributed by atoms with Crippen LogP contribution in [0, 0.1) is 10.1 Å². The predicted molar refractivity (Wildman–Crippen MR) is 155 cm³/mol. The van der Waals surface area contributed by atoms with Gasteiger partial charge >= 0.3 is 5.97 Å². The van der Waals surface area contributed by atoms with Crippen molar-refractivity contribution in [1.82, 2.24) is 0 Å². The molecule has 0 aliphatic carbocycles. The molecular formula is C30H29N3O6S. The van der Waals surface area contributed by atoms with E-state index in [4.69, 9.17) is 9.84 Å². The lowest BCUT2D eigenvalue weighted by molar-refractivity contribution is -0.384. The van der Waals surface area contributed by atoms with Crippen molar-refractivity contribution in [2.75, 3.05) is 10.4 Å². The van der Waals surface area contributed by atoms with E-state index in [2.05, 4.69) is 5.43 Å². The second kappa shape index (κ2) is 12.1. The number of thiophene rings is 1. The highest BCUT2D eigenvalue weighted by molar-refractivity contribution is 7.13.